The summed E-state index contributed by atoms with van der Waals surface area (Å²) in [7, 11) is 3.61. The fourth-order valence-electron chi connectivity index (χ4n) is 10.5. The van der Waals surface area contributed by atoms with Crippen molar-refractivity contribution in [3.63, 3.8) is 0 Å². The lowest BCUT2D eigenvalue weighted by Gasteiger charge is -2.25. The van der Waals surface area contributed by atoms with Crippen LogP contribution in [0.1, 0.15) is 241 Å². The first-order valence-electron chi connectivity index (χ1n) is 27.9. The summed E-state index contributed by atoms with van der Waals surface area (Å²) in [6, 6.07) is 18.3. The predicted octanol–water partition coefficient (Wildman–Crippen LogP) is 16.9. The van der Waals surface area contributed by atoms with Crippen molar-refractivity contribution in [2.24, 2.45) is 0 Å². The minimum absolute atomic E-state index is 0.136. The standard InChI is InChI=1S/2C17H24O2.2C16H24O/c2*1-12(18)19-16-13-8-6-5-7-9-14(16)11-15(10-13)17(2,3)4;2*1-16(2,3)14-10-12-8-6-5-7-9-13(11-14)15(12)17-4/h2*10-11H,5-9H2,1-4H3;2*10-11H,5-9H2,1-4H3. The predicted molar refractivity (Wildman–Crippen MR) is 301 cm³/mol. The fourth-order valence-corrected chi connectivity index (χ4v) is 10.5. The first-order chi connectivity index (χ1) is 33.8. The Kier molecular flexibility index (Phi) is 20.7. The first kappa shape index (κ1) is 58.3. The van der Waals surface area contributed by atoms with Crippen LogP contribution in [0.5, 0.6) is 23.0 Å². The van der Waals surface area contributed by atoms with Crippen molar-refractivity contribution in [2.75, 3.05) is 14.2 Å². The van der Waals surface area contributed by atoms with E-state index in [0.29, 0.717) is 0 Å². The third-order valence-electron chi connectivity index (χ3n) is 14.9. The third-order valence-corrected chi connectivity index (χ3v) is 14.9. The Morgan fingerprint density at radius 3 is 0.611 bits per heavy atom. The van der Waals surface area contributed by atoms with Crippen molar-refractivity contribution in [1.82, 2.24) is 0 Å². The maximum Gasteiger partial charge on any atom is 0.308 e. The molecule has 0 radical (unpaired) electrons. The highest BCUT2D eigenvalue weighted by Gasteiger charge is 2.25. The van der Waals surface area contributed by atoms with E-state index in [1.54, 1.807) is 14.2 Å². The second kappa shape index (κ2) is 25.6. The van der Waals surface area contributed by atoms with Crippen molar-refractivity contribution < 1.29 is 28.5 Å². The molecule has 0 unspecified atom stereocenters. The second-order valence-corrected chi connectivity index (χ2v) is 25.3. The topological polar surface area (TPSA) is 71.1 Å². The SMILES string of the molecule is CC(=O)Oc1c2cc(C(C)(C)C)cc1CCCCC2.CC(=O)Oc1c2cc(C(C)(C)C)cc1CCCCC2.COc1c2cc(C(C)(C)C)cc1CCCCC2.COc1c2cc(C(C)(C)C)cc1CCCCC2. The Hall–Kier alpha value is -4.58. The Morgan fingerprint density at radius 2 is 0.472 bits per heavy atom. The summed E-state index contributed by atoms with van der Waals surface area (Å²) >= 11 is 0. The third kappa shape index (κ3) is 16.7. The van der Waals surface area contributed by atoms with Crippen LogP contribution in [-0.4, -0.2) is 26.2 Å². The minimum Gasteiger partial charge on any atom is -0.496 e. The highest BCUT2D eigenvalue weighted by molar-refractivity contribution is 5.71. The quantitative estimate of drug-likeness (QED) is 0.150. The summed E-state index contributed by atoms with van der Waals surface area (Å²) in [6.07, 6.45) is 23.8. The molecular formula is C66H96O6. The molecule has 8 rings (SSSR count). The molecule has 0 saturated heterocycles. The largest absolute Gasteiger partial charge is 0.496 e. The molecule has 6 heteroatoms. The fraction of sp³-hybridized carbons (Fsp3) is 0.606. The lowest BCUT2D eigenvalue weighted by molar-refractivity contribution is -0.132. The number of carbonyl (C=O) groups excluding carboxylic acids is 2. The van der Waals surface area contributed by atoms with Crippen LogP contribution in [0.2, 0.25) is 0 Å². The summed E-state index contributed by atoms with van der Waals surface area (Å²) in [5.41, 5.74) is 16.8. The average Bonchev–Trinajstić information content (AvgIpc) is 3.28. The van der Waals surface area contributed by atoms with Gasteiger partial charge in [0.05, 0.1) is 14.2 Å². The van der Waals surface area contributed by atoms with Gasteiger partial charge in [-0.1, -0.05) is 157 Å². The Labute approximate surface area is 438 Å². The molecule has 4 aromatic carbocycles. The number of benzene rings is 4. The average molecular weight is 985 g/mol. The molecule has 4 aliphatic rings. The number of rotatable bonds is 4. The molecule has 72 heavy (non-hydrogen) atoms. The van der Waals surface area contributed by atoms with Crippen LogP contribution >= 0.6 is 0 Å². The van der Waals surface area contributed by atoms with E-state index in [4.69, 9.17) is 18.9 Å². The summed E-state index contributed by atoms with van der Waals surface area (Å²) in [5, 5.41) is 0. The highest BCUT2D eigenvalue weighted by Crippen LogP contribution is 2.39. The second-order valence-electron chi connectivity index (χ2n) is 25.3. The van der Waals surface area contributed by atoms with Gasteiger partial charge in [-0.15, -0.1) is 0 Å². The molecule has 0 heterocycles. The number of esters is 2. The van der Waals surface area contributed by atoms with E-state index < -0.39 is 0 Å². The molecule has 0 saturated carbocycles. The Balaban J connectivity index is 0.000000179. The molecule has 8 bridgehead atoms. The van der Waals surface area contributed by atoms with Gasteiger partial charge in [0.25, 0.3) is 0 Å². The molecule has 4 aliphatic carbocycles. The first-order valence-corrected chi connectivity index (χ1v) is 27.9. The van der Waals surface area contributed by atoms with Crippen molar-refractivity contribution >= 4 is 11.9 Å². The molecule has 0 amide bonds. The van der Waals surface area contributed by atoms with Gasteiger partial charge in [-0.25, -0.2) is 0 Å². The van der Waals surface area contributed by atoms with Crippen LogP contribution < -0.4 is 18.9 Å². The molecule has 4 aromatic rings. The van der Waals surface area contributed by atoms with Gasteiger partial charge in [0.2, 0.25) is 0 Å². The van der Waals surface area contributed by atoms with Gasteiger partial charge >= 0.3 is 11.9 Å². The molecule has 0 fully saturated rings. The van der Waals surface area contributed by atoms with Crippen LogP contribution in [0.15, 0.2) is 48.5 Å². The summed E-state index contributed by atoms with van der Waals surface area (Å²) in [4.78, 5) is 22.6. The lowest BCUT2D eigenvalue weighted by atomic mass is 9.82. The molecule has 0 aromatic heterocycles. The van der Waals surface area contributed by atoms with Gasteiger partial charge in [0.1, 0.15) is 23.0 Å². The molecular weight excluding hydrogens is 889 g/mol. The van der Waals surface area contributed by atoms with Gasteiger partial charge in [0.15, 0.2) is 0 Å². The van der Waals surface area contributed by atoms with Crippen molar-refractivity contribution in [3.8, 4) is 23.0 Å². The van der Waals surface area contributed by atoms with Gasteiger partial charge in [-0.2, -0.15) is 0 Å². The van der Waals surface area contributed by atoms with Crippen LogP contribution in [0.25, 0.3) is 0 Å². The molecule has 6 nitrogen and oxygen atoms in total. The lowest BCUT2D eigenvalue weighted by Crippen LogP contribution is -2.15. The zero-order chi connectivity index (χ0) is 53.0. The van der Waals surface area contributed by atoms with E-state index in [-0.39, 0.29) is 33.6 Å². The zero-order valence-electron chi connectivity index (χ0n) is 48.2. The maximum atomic E-state index is 11.3. The highest BCUT2D eigenvalue weighted by atomic mass is 16.5. The van der Waals surface area contributed by atoms with E-state index in [0.717, 1.165) is 48.7 Å². The van der Waals surface area contributed by atoms with Gasteiger partial charge < -0.3 is 18.9 Å². The molecule has 0 atom stereocenters. The van der Waals surface area contributed by atoms with Crippen molar-refractivity contribution in [2.45, 2.75) is 247 Å². The summed E-state index contributed by atoms with van der Waals surface area (Å²) in [6.45, 7) is 30.1. The van der Waals surface area contributed by atoms with E-state index in [9.17, 15) is 9.59 Å². The number of hydrogen-bond donors (Lipinski definition) is 0. The minimum atomic E-state index is -0.216. The van der Waals surface area contributed by atoms with Gasteiger partial charge in [0, 0.05) is 13.8 Å². The van der Waals surface area contributed by atoms with E-state index in [1.165, 1.54) is 183 Å². The Bertz CT molecular complexity index is 2160. The van der Waals surface area contributed by atoms with Gasteiger partial charge in [-0.05, 0) is 191 Å². The summed E-state index contributed by atoms with van der Waals surface area (Å²) < 4.78 is 22.2. The van der Waals surface area contributed by atoms with Crippen molar-refractivity contribution in [3.05, 3.63) is 115 Å². The molecule has 0 N–H and O–H groups in total. The number of carbonyl (C=O) groups is 2. The molecule has 396 valence electrons. The smallest absolute Gasteiger partial charge is 0.308 e. The molecule has 0 aliphatic heterocycles. The van der Waals surface area contributed by atoms with E-state index >= 15 is 0 Å². The number of methoxy groups -OCH3 is 2. The molecule has 0 spiro atoms. The van der Waals surface area contributed by atoms with E-state index in [2.05, 4.69) is 132 Å². The van der Waals surface area contributed by atoms with E-state index in [1.807, 2.05) is 0 Å². The van der Waals surface area contributed by atoms with Crippen LogP contribution in [0.3, 0.4) is 0 Å². The van der Waals surface area contributed by atoms with Crippen LogP contribution in [0.4, 0.5) is 0 Å². The monoisotopic (exact) mass is 985 g/mol. The Morgan fingerprint density at radius 1 is 0.306 bits per heavy atom. The van der Waals surface area contributed by atoms with Crippen LogP contribution in [-0.2, 0) is 82.6 Å². The van der Waals surface area contributed by atoms with Crippen LogP contribution in [0, 0.1) is 0 Å². The normalized spacial score (nSPS) is 15.9. The zero-order valence-corrected chi connectivity index (χ0v) is 48.2. The number of hydrogen-bond acceptors (Lipinski definition) is 6. The summed E-state index contributed by atoms with van der Waals surface area (Å²) in [5.74, 6) is 3.54. The number of ether oxygens (including phenoxy) is 4. The van der Waals surface area contributed by atoms with Crippen molar-refractivity contribution in [1.29, 1.82) is 0 Å². The van der Waals surface area contributed by atoms with Gasteiger partial charge in [-0.3, -0.25) is 9.59 Å². The maximum absolute atomic E-state index is 11.3. The number of fused-ring (bicyclic) bond motifs is 8. The number of aryl methyl sites for hydroxylation is 8.